The van der Waals surface area contributed by atoms with E-state index in [0.717, 1.165) is 37.6 Å². The van der Waals surface area contributed by atoms with E-state index in [2.05, 4.69) is 10.3 Å². The van der Waals surface area contributed by atoms with Gasteiger partial charge in [0.1, 0.15) is 5.58 Å². The van der Waals surface area contributed by atoms with Gasteiger partial charge in [0.25, 0.3) is 5.91 Å². The Bertz CT molecular complexity index is 1100. The summed E-state index contributed by atoms with van der Waals surface area (Å²) in [5.41, 5.74) is 1.96. The first-order chi connectivity index (χ1) is 13.4. The van der Waals surface area contributed by atoms with E-state index in [1.807, 2.05) is 0 Å². The maximum absolute atomic E-state index is 12.9. The standard InChI is InChI=1S/C20H22N2O4S2/c1-28(24,25)12-14-13-8-6-7-10-16(13)26-18(14)19(23)22-20-21-15-9-4-2-3-5-11-17(15)27-20/h6-8,10H,2-5,9,11-12H2,1H3,(H,21,22,23). The summed E-state index contributed by atoms with van der Waals surface area (Å²) in [7, 11) is -3.33. The predicted octanol–water partition coefficient (Wildman–Crippen LogP) is 4.35. The molecule has 0 saturated carbocycles. The Kier molecular flexibility index (Phi) is 5.25. The lowest BCUT2D eigenvalue weighted by Gasteiger charge is -2.06. The molecule has 3 aromatic rings. The van der Waals surface area contributed by atoms with Gasteiger partial charge < -0.3 is 4.42 Å². The van der Waals surface area contributed by atoms with Crippen LogP contribution in [-0.4, -0.2) is 25.6 Å². The maximum atomic E-state index is 12.9. The number of furan rings is 1. The molecule has 4 rings (SSSR count). The average molecular weight is 419 g/mol. The van der Waals surface area contributed by atoms with Gasteiger partial charge in [0.2, 0.25) is 0 Å². The molecule has 1 aliphatic carbocycles. The first-order valence-corrected chi connectivity index (χ1v) is 12.3. The molecule has 2 aromatic heterocycles. The number of amides is 1. The fourth-order valence-electron chi connectivity index (χ4n) is 3.60. The molecule has 1 aromatic carbocycles. The highest BCUT2D eigenvalue weighted by molar-refractivity contribution is 7.89. The lowest BCUT2D eigenvalue weighted by atomic mass is 10.0. The average Bonchev–Trinajstić information content (AvgIpc) is 3.15. The zero-order chi connectivity index (χ0) is 19.7. The minimum absolute atomic E-state index is 0.0363. The molecule has 28 heavy (non-hydrogen) atoms. The summed E-state index contributed by atoms with van der Waals surface area (Å²) in [6.07, 6.45) is 7.78. The first-order valence-electron chi connectivity index (χ1n) is 9.39. The molecule has 0 radical (unpaired) electrons. The summed E-state index contributed by atoms with van der Waals surface area (Å²) in [6, 6.07) is 7.09. The molecule has 1 N–H and O–H groups in total. The number of hydrogen-bond donors (Lipinski definition) is 1. The van der Waals surface area contributed by atoms with Crippen molar-refractivity contribution in [1.82, 2.24) is 4.98 Å². The number of rotatable bonds is 4. The fraction of sp³-hybridized carbons (Fsp3) is 0.400. The normalized spacial score (nSPS) is 15.0. The van der Waals surface area contributed by atoms with Crippen LogP contribution in [0.15, 0.2) is 28.7 Å². The van der Waals surface area contributed by atoms with E-state index >= 15 is 0 Å². The number of carbonyl (C=O) groups is 1. The largest absolute Gasteiger partial charge is 0.451 e. The van der Waals surface area contributed by atoms with Crippen molar-refractivity contribution in [3.05, 3.63) is 46.2 Å². The SMILES string of the molecule is CS(=O)(=O)Cc1c(C(=O)Nc2nc3c(s2)CCCCCC3)oc2ccccc12. The lowest BCUT2D eigenvalue weighted by molar-refractivity contribution is 0.0998. The van der Waals surface area contributed by atoms with Crippen molar-refractivity contribution < 1.29 is 17.6 Å². The van der Waals surface area contributed by atoms with Gasteiger partial charge in [-0.3, -0.25) is 10.1 Å². The number of nitrogens with one attached hydrogen (secondary N) is 1. The zero-order valence-electron chi connectivity index (χ0n) is 15.7. The van der Waals surface area contributed by atoms with E-state index in [9.17, 15) is 13.2 Å². The second-order valence-electron chi connectivity index (χ2n) is 7.23. The quantitative estimate of drug-likeness (QED) is 0.680. The van der Waals surface area contributed by atoms with Crippen molar-refractivity contribution >= 4 is 43.2 Å². The second kappa shape index (κ2) is 7.67. The summed E-state index contributed by atoms with van der Waals surface area (Å²) < 4.78 is 29.5. The molecule has 0 unspecified atom stereocenters. The summed E-state index contributed by atoms with van der Waals surface area (Å²) in [4.78, 5) is 18.7. The monoisotopic (exact) mass is 418 g/mol. The molecular weight excluding hydrogens is 396 g/mol. The van der Waals surface area contributed by atoms with Gasteiger partial charge in [-0.15, -0.1) is 11.3 Å². The smallest absolute Gasteiger partial charge is 0.293 e. The van der Waals surface area contributed by atoms with Crippen LogP contribution in [0.4, 0.5) is 5.13 Å². The van der Waals surface area contributed by atoms with Crippen LogP contribution in [0, 0.1) is 0 Å². The van der Waals surface area contributed by atoms with Gasteiger partial charge >= 0.3 is 0 Å². The maximum Gasteiger partial charge on any atom is 0.293 e. The molecule has 0 saturated heterocycles. The van der Waals surface area contributed by atoms with E-state index in [0.29, 0.717) is 21.7 Å². The van der Waals surface area contributed by atoms with Gasteiger partial charge in [0.05, 0.1) is 11.4 Å². The highest BCUT2D eigenvalue weighted by Crippen LogP contribution is 2.31. The molecular formula is C20H22N2O4S2. The first kappa shape index (κ1) is 19.1. The molecule has 6 nitrogen and oxygen atoms in total. The van der Waals surface area contributed by atoms with Crippen LogP contribution in [0.3, 0.4) is 0 Å². The molecule has 0 bridgehead atoms. The minimum atomic E-state index is -3.33. The van der Waals surface area contributed by atoms with Crippen molar-refractivity contribution in [1.29, 1.82) is 0 Å². The van der Waals surface area contributed by atoms with E-state index in [4.69, 9.17) is 4.42 Å². The highest BCUT2D eigenvalue weighted by atomic mass is 32.2. The molecule has 0 aliphatic heterocycles. The number of fused-ring (bicyclic) bond motifs is 2. The fourth-order valence-corrected chi connectivity index (χ4v) is 5.46. The third-order valence-corrected chi connectivity index (χ3v) is 6.76. The molecule has 0 atom stereocenters. The predicted molar refractivity (Wildman–Crippen MR) is 111 cm³/mol. The zero-order valence-corrected chi connectivity index (χ0v) is 17.3. The van der Waals surface area contributed by atoms with Crippen LogP contribution < -0.4 is 5.32 Å². The van der Waals surface area contributed by atoms with Gasteiger partial charge in [0, 0.05) is 22.1 Å². The van der Waals surface area contributed by atoms with E-state index in [1.54, 1.807) is 24.3 Å². The van der Waals surface area contributed by atoms with E-state index in [-0.39, 0.29) is 11.5 Å². The topological polar surface area (TPSA) is 89.3 Å². The number of carbonyl (C=O) groups excluding carboxylic acids is 1. The van der Waals surface area contributed by atoms with Gasteiger partial charge in [-0.2, -0.15) is 0 Å². The molecule has 148 valence electrons. The Hall–Kier alpha value is -2.19. The highest BCUT2D eigenvalue weighted by Gasteiger charge is 2.24. The van der Waals surface area contributed by atoms with E-state index < -0.39 is 15.7 Å². The summed E-state index contributed by atoms with van der Waals surface area (Å²) in [5, 5.41) is 4.01. The number of hydrogen-bond acceptors (Lipinski definition) is 6. The molecule has 1 amide bonds. The Morgan fingerprint density at radius 1 is 1.18 bits per heavy atom. The number of sulfone groups is 1. The van der Waals surface area contributed by atoms with Crippen molar-refractivity contribution in [2.24, 2.45) is 0 Å². The molecule has 2 heterocycles. The number of para-hydroxylation sites is 1. The van der Waals surface area contributed by atoms with Crippen molar-refractivity contribution in [3.63, 3.8) is 0 Å². The Morgan fingerprint density at radius 3 is 2.71 bits per heavy atom. The molecule has 1 aliphatic rings. The minimum Gasteiger partial charge on any atom is -0.451 e. The number of aryl methyl sites for hydroxylation is 2. The summed E-state index contributed by atoms with van der Waals surface area (Å²) >= 11 is 1.50. The van der Waals surface area contributed by atoms with Crippen molar-refractivity contribution in [2.45, 2.75) is 44.3 Å². The number of anilines is 1. The van der Waals surface area contributed by atoms with Crippen molar-refractivity contribution in [3.8, 4) is 0 Å². The summed E-state index contributed by atoms with van der Waals surface area (Å²) in [6.45, 7) is 0. The number of thiazole rings is 1. The lowest BCUT2D eigenvalue weighted by Crippen LogP contribution is -2.14. The second-order valence-corrected chi connectivity index (χ2v) is 10.5. The third kappa shape index (κ3) is 4.12. The Balaban J connectivity index is 1.66. The van der Waals surface area contributed by atoms with Gasteiger partial charge in [-0.05, 0) is 31.7 Å². The Labute approximate surface area is 167 Å². The summed E-state index contributed by atoms with van der Waals surface area (Å²) in [5.74, 6) is -0.674. The van der Waals surface area contributed by atoms with Gasteiger partial charge in [0.15, 0.2) is 20.7 Å². The van der Waals surface area contributed by atoms with Crippen LogP contribution in [0.1, 0.15) is 52.4 Å². The van der Waals surface area contributed by atoms with Crippen LogP contribution >= 0.6 is 11.3 Å². The third-order valence-electron chi connectivity index (χ3n) is 4.88. The molecule has 0 fully saturated rings. The Morgan fingerprint density at radius 2 is 1.93 bits per heavy atom. The number of aromatic nitrogens is 1. The van der Waals surface area contributed by atoms with Crippen LogP contribution in [-0.2, 0) is 28.4 Å². The van der Waals surface area contributed by atoms with Gasteiger partial charge in [-0.1, -0.05) is 31.0 Å². The molecule has 8 heteroatoms. The van der Waals surface area contributed by atoms with E-state index in [1.165, 1.54) is 29.1 Å². The van der Waals surface area contributed by atoms with Crippen LogP contribution in [0.25, 0.3) is 11.0 Å². The molecule has 0 spiro atoms. The van der Waals surface area contributed by atoms with Crippen LogP contribution in [0.2, 0.25) is 0 Å². The van der Waals surface area contributed by atoms with Gasteiger partial charge in [-0.25, -0.2) is 13.4 Å². The van der Waals surface area contributed by atoms with Crippen LogP contribution in [0.5, 0.6) is 0 Å². The number of nitrogens with zero attached hydrogens (tertiary/aromatic N) is 1. The number of benzene rings is 1. The van der Waals surface area contributed by atoms with Crippen molar-refractivity contribution in [2.75, 3.05) is 11.6 Å².